The summed E-state index contributed by atoms with van der Waals surface area (Å²) in [6, 6.07) is 0. The average Bonchev–Trinajstić information content (AvgIpc) is 2.81. The number of hydrogen-bond donors (Lipinski definition) is 2. The molecule has 182 valence electrons. The van der Waals surface area contributed by atoms with Crippen molar-refractivity contribution in [2.45, 2.75) is 56.9 Å². The molecule has 0 aromatic rings. The van der Waals surface area contributed by atoms with Gasteiger partial charge in [0.15, 0.2) is 5.96 Å². The molecule has 2 heterocycles. The maximum absolute atomic E-state index is 12.4. The Kier molecular flexibility index (Phi) is 8.66. The summed E-state index contributed by atoms with van der Waals surface area (Å²) in [6.45, 7) is 10.3. The molecule has 8 nitrogen and oxygen atoms in total. The van der Waals surface area contributed by atoms with Gasteiger partial charge in [-0.05, 0) is 25.7 Å². The Labute approximate surface area is 194 Å². The highest BCUT2D eigenvalue weighted by Gasteiger charge is 2.38. The van der Waals surface area contributed by atoms with Gasteiger partial charge in [-0.3, -0.25) is 19.6 Å². The Morgan fingerprint density at radius 1 is 0.969 bits per heavy atom. The number of hydrogen-bond acceptors (Lipinski definition) is 5. The Balaban J connectivity index is 1.17. The molecule has 2 aliphatic heterocycles. The van der Waals surface area contributed by atoms with Crippen molar-refractivity contribution in [3.05, 3.63) is 0 Å². The van der Waals surface area contributed by atoms with E-state index in [0.29, 0.717) is 11.8 Å². The van der Waals surface area contributed by atoms with Crippen LogP contribution >= 0.6 is 0 Å². The number of guanidine groups is 1. The number of carbonyl (C=O) groups excluding carboxylic acids is 1. The third-order valence-electron chi connectivity index (χ3n) is 8.13. The minimum absolute atomic E-state index is 0.239. The standard InChI is InChI=1S/C24H44N6O2/c1-25-23(27-20-24(8-3-2-4-9-24)30-16-18-32-19-17-30)26-10-11-28-12-14-29(15-13-28)22(31)21-6-5-7-21/h21H,2-20H2,1H3,(H2,25,26,27). The highest BCUT2D eigenvalue weighted by Crippen LogP contribution is 2.34. The van der Waals surface area contributed by atoms with E-state index in [0.717, 1.165) is 90.9 Å². The number of ether oxygens (including phenoxy) is 1. The molecule has 4 rings (SSSR count). The molecule has 0 spiro atoms. The number of nitrogens with zero attached hydrogens (tertiary/aromatic N) is 4. The number of amides is 1. The van der Waals surface area contributed by atoms with E-state index < -0.39 is 0 Å². The number of rotatable bonds is 7. The van der Waals surface area contributed by atoms with Crippen LogP contribution in [0.4, 0.5) is 0 Å². The van der Waals surface area contributed by atoms with E-state index in [9.17, 15) is 4.79 Å². The molecule has 2 saturated heterocycles. The van der Waals surface area contributed by atoms with Crippen molar-refractivity contribution in [1.29, 1.82) is 0 Å². The third-order valence-corrected chi connectivity index (χ3v) is 8.13. The molecule has 0 radical (unpaired) electrons. The number of aliphatic imine (C=N–C) groups is 1. The number of carbonyl (C=O) groups is 1. The maximum atomic E-state index is 12.4. The van der Waals surface area contributed by atoms with E-state index in [2.05, 4.69) is 30.3 Å². The van der Waals surface area contributed by atoms with Gasteiger partial charge in [0, 0.05) is 77.4 Å². The SMILES string of the molecule is CN=C(NCCN1CCN(C(=O)C2CCC2)CC1)NCC1(N2CCOCC2)CCCCC1. The smallest absolute Gasteiger partial charge is 0.225 e. The van der Waals surface area contributed by atoms with Crippen LogP contribution in [0.3, 0.4) is 0 Å². The molecule has 1 amide bonds. The largest absolute Gasteiger partial charge is 0.379 e. The van der Waals surface area contributed by atoms with Crippen LogP contribution in [-0.2, 0) is 9.53 Å². The molecule has 32 heavy (non-hydrogen) atoms. The molecule has 0 bridgehead atoms. The first kappa shape index (κ1) is 23.8. The van der Waals surface area contributed by atoms with Crippen LogP contribution in [-0.4, -0.2) is 111 Å². The van der Waals surface area contributed by atoms with E-state index in [1.165, 1.54) is 38.5 Å². The summed E-state index contributed by atoms with van der Waals surface area (Å²) >= 11 is 0. The first-order valence-corrected chi connectivity index (χ1v) is 13.0. The lowest BCUT2D eigenvalue weighted by Crippen LogP contribution is -2.60. The van der Waals surface area contributed by atoms with Crippen LogP contribution in [0.2, 0.25) is 0 Å². The van der Waals surface area contributed by atoms with Gasteiger partial charge in [-0.1, -0.05) is 25.7 Å². The number of piperazine rings is 1. The zero-order valence-corrected chi connectivity index (χ0v) is 20.1. The predicted molar refractivity (Wildman–Crippen MR) is 128 cm³/mol. The van der Waals surface area contributed by atoms with Crippen LogP contribution in [0, 0.1) is 5.92 Å². The molecule has 4 aliphatic rings. The summed E-state index contributed by atoms with van der Waals surface area (Å²) in [5.41, 5.74) is 0.239. The van der Waals surface area contributed by atoms with E-state index >= 15 is 0 Å². The van der Waals surface area contributed by atoms with Crippen molar-refractivity contribution in [3.63, 3.8) is 0 Å². The minimum atomic E-state index is 0.239. The molecule has 2 aliphatic carbocycles. The van der Waals surface area contributed by atoms with Gasteiger partial charge in [-0.25, -0.2) is 0 Å². The molecule has 2 N–H and O–H groups in total. The fraction of sp³-hybridized carbons (Fsp3) is 0.917. The maximum Gasteiger partial charge on any atom is 0.225 e. The van der Waals surface area contributed by atoms with E-state index in [1.54, 1.807) is 0 Å². The molecule has 8 heteroatoms. The second-order valence-electron chi connectivity index (χ2n) is 10.0. The zero-order chi connectivity index (χ0) is 22.2. The third kappa shape index (κ3) is 5.94. The molecular weight excluding hydrogens is 404 g/mol. The molecule has 2 saturated carbocycles. The molecule has 0 aromatic carbocycles. The summed E-state index contributed by atoms with van der Waals surface area (Å²) in [7, 11) is 1.86. The van der Waals surface area contributed by atoms with Gasteiger partial charge in [0.05, 0.1) is 13.2 Å². The van der Waals surface area contributed by atoms with Crippen LogP contribution in [0.15, 0.2) is 4.99 Å². The second kappa shape index (κ2) is 11.7. The van der Waals surface area contributed by atoms with E-state index in [1.807, 2.05) is 7.05 Å². The van der Waals surface area contributed by atoms with Gasteiger partial charge in [0.2, 0.25) is 5.91 Å². The summed E-state index contributed by atoms with van der Waals surface area (Å²) in [5.74, 6) is 1.63. The quantitative estimate of drug-likeness (QED) is 0.449. The van der Waals surface area contributed by atoms with Crippen molar-refractivity contribution in [2.75, 3.05) is 79.2 Å². The Morgan fingerprint density at radius 2 is 1.69 bits per heavy atom. The molecule has 4 fully saturated rings. The Bertz CT molecular complexity index is 618. The van der Waals surface area contributed by atoms with Gasteiger partial charge in [0.1, 0.15) is 0 Å². The highest BCUT2D eigenvalue weighted by molar-refractivity contribution is 5.80. The summed E-state index contributed by atoms with van der Waals surface area (Å²) in [5, 5.41) is 7.17. The minimum Gasteiger partial charge on any atom is -0.379 e. The molecular formula is C24H44N6O2. The molecule has 0 atom stereocenters. The molecule has 0 unspecified atom stereocenters. The Hall–Kier alpha value is -1.38. The first-order chi connectivity index (χ1) is 15.7. The normalized spacial score (nSPS) is 25.9. The predicted octanol–water partition coefficient (Wildman–Crippen LogP) is 1.13. The fourth-order valence-corrected chi connectivity index (χ4v) is 5.76. The van der Waals surface area contributed by atoms with Crippen LogP contribution < -0.4 is 10.6 Å². The van der Waals surface area contributed by atoms with Gasteiger partial charge < -0.3 is 20.3 Å². The van der Waals surface area contributed by atoms with Crippen LogP contribution in [0.5, 0.6) is 0 Å². The van der Waals surface area contributed by atoms with E-state index in [4.69, 9.17) is 4.74 Å². The number of morpholine rings is 1. The zero-order valence-electron chi connectivity index (χ0n) is 20.1. The van der Waals surface area contributed by atoms with Crippen LogP contribution in [0.1, 0.15) is 51.4 Å². The molecule has 0 aromatic heterocycles. The monoisotopic (exact) mass is 448 g/mol. The first-order valence-electron chi connectivity index (χ1n) is 13.0. The highest BCUT2D eigenvalue weighted by atomic mass is 16.5. The number of nitrogens with one attached hydrogen (secondary N) is 2. The van der Waals surface area contributed by atoms with Crippen molar-refractivity contribution in [2.24, 2.45) is 10.9 Å². The second-order valence-corrected chi connectivity index (χ2v) is 10.0. The fourth-order valence-electron chi connectivity index (χ4n) is 5.76. The lowest BCUT2D eigenvalue weighted by Gasteiger charge is -2.48. The van der Waals surface area contributed by atoms with Crippen molar-refractivity contribution < 1.29 is 9.53 Å². The van der Waals surface area contributed by atoms with Gasteiger partial charge in [0.25, 0.3) is 0 Å². The van der Waals surface area contributed by atoms with Gasteiger partial charge in [-0.15, -0.1) is 0 Å². The summed E-state index contributed by atoms with van der Waals surface area (Å²) < 4.78 is 5.61. The van der Waals surface area contributed by atoms with Gasteiger partial charge in [-0.2, -0.15) is 0 Å². The van der Waals surface area contributed by atoms with E-state index in [-0.39, 0.29) is 5.54 Å². The lowest BCUT2D eigenvalue weighted by molar-refractivity contribution is -0.139. The Morgan fingerprint density at radius 3 is 2.31 bits per heavy atom. The van der Waals surface area contributed by atoms with Crippen molar-refractivity contribution >= 4 is 11.9 Å². The summed E-state index contributed by atoms with van der Waals surface area (Å²) in [6.07, 6.45) is 9.95. The average molecular weight is 449 g/mol. The van der Waals surface area contributed by atoms with Crippen molar-refractivity contribution in [1.82, 2.24) is 25.3 Å². The summed E-state index contributed by atoms with van der Waals surface area (Å²) in [4.78, 5) is 24.1. The van der Waals surface area contributed by atoms with Crippen molar-refractivity contribution in [3.8, 4) is 0 Å². The lowest BCUT2D eigenvalue weighted by atomic mass is 9.80. The van der Waals surface area contributed by atoms with Gasteiger partial charge >= 0.3 is 0 Å². The van der Waals surface area contributed by atoms with Crippen LogP contribution in [0.25, 0.3) is 0 Å². The topological polar surface area (TPSA) is 72.4 Å².